The number of fused-ring (bicyclic) bond motifs is 2. The van der Waals surface area contributed by atoms with Crippen LogP contribution in [0.4, 0.5) is 0 Å². The first-order valence-corrected chi connectivity index (χ1v) is 16.4. The Kier molecular flexibility index (Phi) is 13.5. The van der Waals surface area contributed by atoms with E-state index in [1.54, 1.807) is 48.6 Å². The van der Waals surface area contributed by atoms with Crippen molar-refractivity contribution in [2.45, 2.75) is 45.1 Å². The van der Waals surface area contributed by atoms with Crippen LogP contribution in [0.15, 0.2) is 70.3 Å². The number of hydrogen-bond donors (Lipinski definition) is 7. The number of carbonyl (C=O) groups excluding carboxylic acids is 2. The number of phenolic OH excluding ortho intramolecular Hbond substituents is 2. The number of carbonyl (C=O) groups is 2. The van der Waals surface area contributed by atoms with Crippen LogP contribution in [0.5, 0.6) is 23.0 Å². The van der Waals surface area contributed by atoms with Gasteiger partial charge in [-0.05, 0) is 84.7 Å². The van der Waals surface area contributed by atoms with Gasteiger partial charge in [0, 0.05) is 0 Å². The number of nitrogens with one attached hydrogen (secondary N) is 1. The van der Waals surface area contributed by atoms with Gasteiger partial charge >= 0.3 is 5.69 Å². The highest BCUT2D eigenvalue weighted by atomic mass is 16.5. The Balaban J connectivity index is 0.000000241. The molecular weight excluding hydrogens is 704 g/mol. The van der Waals surface area contributed by atoms with Crippen LogP contribution >= 0.6 is 0 Å². The van der Waals surface area contributed by atoms with Crippen molar-refractivity contribution in [1.82, 2.24) is 19.5 Å². The fraction of sp³-hybridized carbons (Fsp3) is 0.263. The van der Waals surface area contributed by atoms with Crippen LogP contribution in [-0.4, -0.2) is 101 Å². The Morgan fingerprint density at radius 3 is 1.87 bits per heavy atom. The number of aliphatic hydroxyl groups excluding tert-OH is 4. The second-order valence-corrected chi connectivity index (χ2v) is 12.1. The maximum absolute atomic E-state index is 12.2. The van der Waals surface area contributed by atoms with Gasteiger partial charge in [0.2, 0.25) is 0 Å². The molecule has 0 spiro atoms. The molecule has 0 aliphatic carbocycles. The van der Waals surface area contributed by atoms with E-state index >= 15 is 0 Å². The van der Waals surface area contributed by atoms with Gasteiger partial charge in [-0.15, -0.1) is 0 Å². The van der Waals surface area contributed by atoms with E-state index in [-0.39, 0.29) is 47.5 Å². The summed E-state index contributed by atoms with van der Waals surface area (Å²) < 4.78 is 11.4. The summed E-state index contributed by atoms with van der Waals surface area (Å²) in [6.45, 7) is 2.73. The minimum absolute atomic E-state index is 0.00662. The van der Waals surface area contributed by atoms with Gasteiger partial charge in [0.05, 0.1) is 44.8 Å². The summed E-state index contributed by atoms with van der Waals surface area (Å²) in [5.74, 6) is -0.135. The lowest BCUT2D eigenvalue weighted by molar-refractivity contribution is -0.121. The number of phenols is 2. The normalized spacial score (nSPS) is 13.1. The molecule has 0 saturated carbocycles. The zero-order valence-electron chi connectivity index (χ0n) is 29.8. The van der Waals surface area contributed by atoms with Crippen LogP contribution in [0, 0.1) is 13.8 Å². The van der Waals surface area contributed by atoms with Crippen LogP contribution in [0.2, 0.25) is 0 Å². The van der Waals surface area contributed by atoms with Crippen molar-refractivity contribution in [3.05, 3.63) is 104 Å². The zero-order valence-corrected chi connectivity index (χ0v) is 29.8. The lowest BCUT2D eigenvalue weighted by Crippen LogP contribution is -2.42. The summed E-state index contributed by atoms with van der Waals surface area (Å²) in [5, 5.41) is 57.9. The molecule has 5 rings (SSSR count). The number of ether oxygens (including phenoxy) is 2. The average Bonchev–Trinajstić information content (AvgIpc) is 3.14. The van der Waals surface area contributed by atoms with E-state index in [0.717, 1.165) is 11.1 Å². The fourth-order valence-electron chi connectivity index (χ4n) is 5.16. The Labute approximate surface area is 307 Å². The second-order valence-electron chi connectivity index (χ2n) is 12.1. The third kappa shape index (κ3) is 10.0. The molecule has 54 heavy (non-hydrogen) atoms. The van der Waals surface area contributed by atoms with Gasteiger partial charge in [0.15, 0.2) is 46.1 Å². The minimum atomic E-state index is -1.64. The van der Waals surface area contributed by atoms with Crippen molar-refractivity contribution < 1.29 is 49.7 Å². The van der Waals surface area contributed by atoms with Gasteiger partial charge in [-0.25, -0.2) is 9.78 Å². The van der Waals surface area contributed by atoms with Crippen LogP contribution in [0.3, 0.4) is 0 Å². The molecule has 3 aromatic rings. The van der Waals surface area contributed by atoms with Gasteiger partial charge in [0.25, 0.3) is 5.56 Å². The van der Waals surface area contributed by atoms with Crippen LogP contribution in [-0.2, 0) is 16.1 Å². The van der Waals surface area contributed by atoms with Crippen LogP contribution < -0.4 is 20.7 Å². The molecule has 0 aromatic heterocycles. The predicted molar refractivity (Wildman–Crippen MR) is 198 cm³/mol. The molecule has 3 aromatic carbocycles. The molecule has 2 aliphatic rings. The van der Waals surface area contributed by atoms with Gasteiger partial charge in [-0.2, -0.15) is 4.98 Å². The molecule has 2 heterocycles. The van der Waals surface area contributed by atoms with E-state index in [4.69, 9.17) is 14.6 Å². The van der Waals surface area contributed by atoms with Crippen LogP contribution in [0.25, 0.3) is 34.7 Å². The number of methoxy groups -OCH3 is 2. The van der Waals surface area contributed by atoms with Crippen molar-refractivity contribution in [2.75, 3.05) is 20.8 Å². The van der Waals surface area contributed by atoms with E-state index in [1.807, 2.05) is 13.8 Å². The van der Waals surface area contributed by atoms with Crippen molar-refractivity contribution in [2.24, 2.45) is 0 Å². The first-order valence-electron chi connectivity index (χ1n) is 16.4. The Hall–Kier alpha value is -6.20. The van der Waals surface area contributed by atoms with Crippen molar-refractivity contribution in [3.8, 4) is 34.5 Å². The number of aliphatic hydroxyl groups is 4. The summed E-state index contributed by atoms with van der Waals surface area (Å²) in [5.41, 5.74) is 2.44. The Morgan fingerprint density at radius 1 is 0.815 bits per heavy atom. The molecule has 0 unspecified atom stereocenters. The fourth-order valence-corrected chi connectivity index (χ4v) is 5.16. The molecule has 0 amide bonds. The lowest BCUT2D eigenvalue weighted by Gasteiger charge is -2.25. The number of benzene rings is 3. The molecular formula is C38H40N4O12. The van der Waals surface area contributed by atoms with E-state index in [0.29, 0.717) is 33.7 Å². The summed E-state index contributed by atoms with van der Waals surface area (Å²) in [4.78, 5) is 57.9. The largest absolute Gasteiger partial charge is 0.504 e. The number of aromatic nitrogens is 4. The number of H-pyrrole nitrogens is 1. The number of aromatic amines is 1. The number of nitrogens with zero attached hydrogens (tertiary/aromatic N) is 3. The average molecular weight is 745 g/mol. The van der Waals surface area contributed by atoms with Crippen molar-refractivity contribution in [3.63, 3.8) is 0 Å². The van der Waals surface area contributed by atoms with Crippen molar-refractivity contribution in [1.29, 1.82) is 0 Å². The maximum Gasteiger partial charge on any atom is 0.349 e. The maximum atomic E-state index is 12.2. The Bertz CT molecular complexity index is 2220. The SMILES string of the molecule is COc1cc(/C=C/C(=O)CC(=O)/C=C/c2ccc(O)c(OC)c2)ccc1O.Cc1cc2nc3c(=O)[nH]c(=O)nc-3n(C[C@H](O)[C@H](O)[C@H](O)CO)c2cc1C. The van der Waals surface area contributed by atoms with Gasteiger partial charge in [0.1, 0.15) is 18.3 Å². The summed E-state index contributed by atoms with van der Waals surface area (Å²) in [6, 6.07) is 12.9. The number of rotatable bonds is 13. The molecule has 284 valence electrons. The molecule has 2 aliphatic heterocycles. The highest BCUT2D eigenvalue weighted by Crippen LogP contribution is 2.28. The number of ketones is 2. The minimum Gasteiger partial charge on any atom is -0.504 e. The number of hydrogen-bond acceptors (Lipinski definition) is 14. The summed E-state index contributed by atoms with van der Waals surface area (Å²) in [6.07, 6.45) is 0.762. The molecule has 3 atom stereocenters. The first kappa shape index (κ1) is 40.6. The van der Waals surface area contributed by atoms with E-state index < -0.39 is 36.2 Å². The number of allylic oxidation sites excluding steroid dienone is 2. The molecule has 16 nitrogen and oxygen atoms in total. The highest BCUT2D eigenvalue weighted by molar-refractivity contribution is 6.10. The van der Waals surface area contributed by atoms with E-state index in [1.165, 1.54) is 43.1 Å². The predicted octanol–water partition coefficient (Wildman–Crippen LogP) is 1.65. The van der Waals surface area contributed by atoms with Gasteiger partial charge < -0.3 is 44.7 Å². The summed E-state index contributed by atoms with van der Waals surface area (Å²) >= 11 is 0. The smallest absolute Gasteiger partial charge is 0.349 e. The third-order valence-corrected chi connectivity index (χ3v) is 8.25. The zero-order chi connectivity index (χ0) is 39.7. The molecule has 0 radical (unpaired) electrons. The van der Waals surface area contributed by atoms with Crippen LogP contribution in [0.1, 0.15) is 28.7 Å². The monoisotopic (exact) mass is 744 g/mol. The molecule has 0 bridgehead atoms. The third-order valence-electron chi connectivity index (χ3n) is 8.25. The van der Waals surface area contributed by atoms with E-state index in [9.17, 15) is 44.7 Å². The first-order chi connectivity index (χ1) is 25.6. The quantitative estimate of drug-likeness (QED) is 0.0514. The van der Waals surface area contributed by atoms with Crippen molar-refractivity contribution >= 4 is 34.8 Å². The number of aromatic hydroxyl groups is 2. The van der Waals surface area contributed by atoms with Gasteiger partial charge in [-0.3, -0.25) is 19.4 Å². The molecule has 16 heteroatoms. The molecule has 0 saturated heterocycles. The molecule has 7 N–H and O–H groups in total. The van der Waals surface area contributed by atoms with E-state index in [2.05, 4.69) is 15.0 Å². The summed E-state index contributed by atoms with van der Waals surface area (Å²) in [7, 11) is 2.87. The number of aryl methyl sites for hydroxylation is 2. The standard InChI is InChI=1S/C21H20O6.C17H20N4O6/c1-26-20-11-14(5-9-18(20)24)3-7-16(22)13-17(23)8-4-15-6-10-19(25)21(12-15)27-2;1-7-3-9-10(4-8(7)2)21(5-11(23)14(25)12(24)6-22)15-13(18-9)16(26)20-17(27)19-15/h3-12,24-25H,13H2,1-2H3;3-4,11-12,14,22-25H,5-6H2,1-2H3,(H,20,26,27)/b7-3+,8-4+;/t;11-,12+,14-/m.0/s1. The second kappa shape index (κ2) is 18.0. The highest BCUT2D eigenvalue weighted by Gasteiger charge is 2.27. The lowest BCUT2D eigenvalue weighted by atomic mass is 10.1. The Morgan fingerprint density at radius 2 is 1.35 bits per heavy atom. The van der Waals surface area contributed by atoms with Gasteiger partial charge in [-0.1, -0.05) is 24.3 Å². The topological polar surface area (TPSA) is 255 Å². The molecule has 0 fully saturated rings.